The number of aromatic nitrogens is 1. The number of nitrogens with one attached hydrogen (secondary N) is 1. The van der Waals surface area contributed by atoms with E-state index in [1.54, 1.807) is 0 Å². The first-order chi connectivity index (χ1) is 10.8. The summed E-state index contributed by atoms with van der Waals surface area (Å²) < 4.78 is 0. The standard InChI is InChI=1S/C17H21N3OS/c18-9-8-16-19-15(11-22-16)17(21)20-14(13-6-7-13)10-12-4-2-1-3-5-12/h1-5,11,13-14H,6-10,18H2,(H,20,21). The molecule has 116 valence electrons. The summed E-state index contributed by atoms with van der Waals surface area (Å²) in [4.78, 5) is 16.8. The first kappa shape index (κ1) is 15.2. The Labute approximate surface area is 134 Å². The zero-order valence-electron chi connectivity index (χ0n) is 12.5. The molecule has 2 aromatic rings. The van der Waals surface area contributed by atoms with Crippen molar-refractivity contribution in [2.45, 2.75) is 31.7 Å². The third-order valence-electron chi connectivity index (χ3n) is 3.95. The maximum Gasteiger partial charge on any atom is 0.270 e. The van der Waals surface area contributed by atoms with E-state index in [1.165, 1.54) is 29.7 Å². The van der Waals surface area contributed by atoms with E-state index in [-0.39, 0.29) is 11.9 Å². The molecule has 0 saturated heterocycles. The molecule has 1 aromatic heterocycles. The minimum Gasteiger partial charge on any atom is -0.347 e. The van der Waals surface area contributed by atoms with Crippen LogP contribution in [0.5, 0.6) is 0 Å². The molecule has 1 unspecified atom stereocenters. The number of nitrogens with zero attached hydrogens (tertiary/aromatic N) is 1. The van der Waals surface area contributed by atoms with Crippen molar-refractivity contribution in [2.75, 3.05) is 6.54 Å². The number of rotatable bonds is 7. The van der Waals surface area contributed by atoms with Gasteiger partial charge in [-0.25, -0.2) is 4.98 Å². The SMILES string of the molecule is NCCc1nc(C(=O)NC(Cc2ccccc2)C2CC2)cs1. The van der Waals surface area contributed by atoms with E-state index >= 15 is 0 Å². The van der Waals surface area contributed by atoms with Gasteiger partial charge >= 0.3 is 0 Å². The molecule has 1 heterocycles. The molecule has 22 heavy (non-hydrogen) atoms. The predicted octanol–water partition coefficient (Wildman–Crippen LogP) is 2.40. The molecule has 1 atom stereocenters. The van der Waals surface area contributed by atoms with Gasteiger partial charge < -0.3 is 11.1 Å². The van der Waals surface area contributed by atoms with Crippen molar-refractivity contribution >= 4 is 17.2 Å². The minimum absolute atomic E-state index is 0.0626. The highest BCUT2D eigenvalue weighted by molar-refractivity contribution is 7.09. The van der Waals surface area contributed by atoms with Gasteiger partial charge in [0, 0.05) is 17.8 Å². The van der Waals surface area contributed by atoms with Crippen molar-refractivity contribution in [1.29, 1.82) is 0 Å². The lowest BCUT2D eigenvalue weighted by Gasteiger charge is -2.17. The average molecular weight is 315 g/mol. The average Bonchev–Trinajstić information content (AvgIpc) is 3.27. The number of hydrogen-bond donors (Lipinski definition) is 2. The normalized spacial score (nSPS) is 15.5. The molecule has 3 rings (SSSR count). The van der Waals surface area contributed by atoms with Crippen LogP contribution in [-0.2, 0) is 12.8 Å². The molecule has 0 aliphatic heterocycles. The van der Waals surface area contributed by atoms with E-state index in [1.807, 2.05) is 23.6 Å². The second kappa shape index (κ2) is 7.03. The zero-order valence-corrected chi connectivity index (χ0v) is 13.3. The van der Waals surface area contributed by atoms with Gasteiger partial charge in [-0.3, -0.25) is 4.79 Å². The Morgan fingerprint density at radius 3 is 2.82 bits per heavy atom. The van der Waals surface area contributed by atoms with E-state index in [0.29, 0.717) is 18.2 Å². The van der Waals surface area contributed by atoms with Gasteiger partial charge in [0.25, 0.3) is 5.91 Å². The van der Waals surface area contributed by atoms with Crippen LogP contribution in [0.2, 0.25) is 0 Å². The molecular formula is C17H21N3OS. The molecule has 3 N–H and O–H groups in total. The summed E-state index contributed by atoms with van der Waals surface area (Å²) in [5.74, 6) is 0.540. The topological polar surface area (TPSA) is 68.0 Å². The summed E-state index contributed by atoms with van der Waals surface area (Å²) in [6, 6.07) is 10.5. The van der Waals surface area contributed by atoms with Gasteiger partial charge in [-0.1, -0.05) is 30.3 Å². The minimum atomic E-state index is -0.0626. The third kappa shape index (κ3) is 3.93. The van der Waals surface area contributed by atoms with Crippen LogP contribution < -0.4 is 11.1 Å². The van der Waals surface area contributed by atoms with Crippen molar-refractivity contribution in [3.05, 3.63) is 52.0 Å². The Morgan fingerprint density at radius 2 is 2.14 bits per heavy atom. The van der Waals surface area contributed by atoms with Crippen LogP contribution in [0.1, 0.15) is 33.9 Å². The number of carbonyl (C=O) groups is 1. The zero-order chi connectivity index (χ0) is 15.4. The second-order valence-electron chi connectivity index (χ2n) is 5.77. The van der Waals surface area contributed by atoms with Crippen molar-refractivity contribution in [2.24, 2.45) is 11.7 Å². The molecular weight excluding hydrogens is 294 g/mol. The van der Waals surface area contributed by atoms with Crippen LogP contribution in [0.25, 0.3) is 0 Å². The molecule has 5 heteroatoms. The number of carbonyl (C=O) groups excluding carboxylic acids is 1. The number of thiazole rings is 1. The monoisotopic (exact) mass is 315 g/mol. The van der Waals surface area contributed by atoms with Crippen LogP contribution in [0, 0.1) is 5.92 Å². The summed E-state index contributed by atoms with van der Waals surface area (Å²) >= 11 is 1.51. The maximum atomic E-state index is 12.4. The largest absolute Gasteiger partial charge is 0.347 e. The van der Waals surface area contributed by atoms with E-state index in [2.05, 4.69) is 22.4 Å². The van der Waals surface area contributed by atoms with Gasteiger partial charge in [0.2, 0.25) is 0 Å². The van der Waals surface area contributed by atoms with Crippen LogP contribution >= 0.6 is 11.3 Å². The molecule has 1 aliphatic rings. The van der Waals surface area contributed by atoms with Crippen molar-refractivity contribution in [1.82, 2.24) is 10.3 Å². The first-order valence-electron chi connectivity index (χ1n) is 7.75. The Bertz CT molecular complexity index is 622. The van der Waals surface area contributed by atoms with Gasteiger partial charge in [0.05, 0.1) is 5.01 Å². The molecule has 1 fully saturated rings. The summed E-state index contributed by atoms with van der Waals surface area (Å²) in [5, 5.41) is 5.93. The molecule has 0 spiro atoms. The summed E-state index contributed by atoms with van der Waals surface area (Å²) in [6.45, 7) is 0.563. The van der Waals surface area contributed by atoms with E-state index in [9.17, 15) is 4.79 Å². The van der Waals surface area contributed by atoms with Crippen molar-refractivity contribution in [3.63, 3.8) is 0 Å². The summed E-state index contributed by atoms with van der Waals surface area (Å²) in [6.07, 6.45) is 4.02. The molecule has 0 radical (unpaired) electrons. The Hall–Kier alpha value is -1.72. The molecule has 1 aliphatic carbocycles. The second-order valence-corrected chi connectivity index (χ2v) is 6.71. The molecule has 0 bridgehead atoms. The number of amides is 1. The number of benzene rings is 1. The molecule has 4 nitrogen and oxygen atoms in total. The summed E-state index contributed by atoms with van der Waals surface area (Å²) in [5.41, 5.74) is 7.31. The highest BCUT2D eigenvalue weighted by atomic mass is 32.1. The van der Waals surface area contributed by atoms with Crippen molar-refractivity contribution < 1.29 is 4.79 Å². The van der Waals surface area contributed by atoms with Gasteiger partial charge in [-0.05, 0) is 37.3 Å². The van der Waals surface area contributed by atoms with Crippen LogP contribution in [0.4, 0.5) is 0 Å². The fourth-order valence-electron chi connectivity index (χ4n) is 2.60. The highest BCUT2D eigenvalue weighted by Gasteiger charge is 2.32. The number of nitrogens with two attached hydrogens (primary N) is 1. The predicted molar refractivity (Wildman–Crippen MR) is 89.0 cm³/mol. The fourth-order valence-corrected chi connectivity index (χ4v) is 3.39. The first-order valence-corrected chi connectivity index (χ1v) is 8.63. The van der Waals surface area contributed by atoms with E-state index < -0.39 is 0 Å². The maximum absolute atomic E-state index is 12.4. The van der Waals surface area contributed by atoms with Gasteiger partial charge in [-0.2, -0.15) is 0 Å². The lowest BCUT2D eigenvalue weighted by atomic mass is 10.0. The van der Waals surface area contributed by atoms with Crippen LogP contribution in [-0.4, -0.2) is 23.5 Å². The Kier molecular flexibility index (Phi) is 4.85. The molecule has 1 saturated carbocycles. The molecule has 1 aromatic carbocycles. The smallest absolute Gasteiger partial charge is 0.270 e. The Morgan fingerprint density at radius 1 is 1.36 bits per heavy atom. The highest BCUT2D eigenvalue weighted by Crippen LogP contribution is 2.34. The third-order valence-corrected chi connectivity index (χ3v) is 4.86. The van der Waals surface area contributed by atoms with E-state index in [0.717, 1.165) is 17.8 Å². The van der Waals surface area contributed by atoms with Gasteiger partial charge in [0.1, 0.15) is 5.69 Å². The van der Waals surface area contributed by atoms with Crippen LogP contribution in [0.15, 0.2) is 35.7 Å². The number of hydrogen-bond acceptors (Lipinski definition) is 4. The van der Waals surface area contributed by atoms with Gasteiger partial charge in [0.15, 0.2) is 0 Å². The van der Waals surface area contributed by atoms with Crippen LogP contribution in [0.3, 0.4) is 0 Å². The van der Waals surface area contributed by atoms with Crippen molar-refractivity contribution in [3.8, 4) is 0 Å². The molecule has 1 amide bonds. The Balaban J connectivity index is 1.64. The lowest BCUT2D eigenvalue weighted by Crippen LogP contribution is -2.38. The quantitative estimate of drug-likeness (QED) is 0.824. The fraction of sp³-hybridized carbons (Fsp3) is 0.412. The lowest BCUT2D eigenvalue weighted by molar-refractivity contribution is 0.0927. The van der Waals surface area contributed by atoms with Gasteiger partial charge in [-0.15, -0.1) is 11.3 Å². The van der Waals surface area contributed by atoms with E-state index in [4.69, 9.17) is 5.73 Å². The summed E-state index contributed by atoms with van der Waals surface area (Å²) in [7, 11) is 0.